The monoisotopic (exact) mass is 358 g/mol. The lowest BCUT2D eigenvalue weighted by Gasteiger charge is -2.03. The summed E-state index contributed by atoms with van der Waals surface area (Å²) < 4.78 is 0. The highest BCUT2D eigenvalue weighted by Crippen LogP contribution is 2.40. The van der Waals surface area contributed by atoms with Crippen LogP contribution in [0.1, 0.15) is 10.4 Å². The van der Waals surface area contributed by atoms with E-state index in [-0.39, 0.29) is 5.56 Å². The van der Waals surface area contributed by atoms with Crippen LogP contribution in [-0.4, -0.2) is 21.0 Å². The number of nitrogens with zero attached hydrogens (tertiary/aromatic N) is 2. The van der Waals surface area contributed by atoms with Gasteiger partial charge in [0.15, 0.2) is 0 Å². The Bertz CT molecular complexity index is 1060. The third-order valence-electron chi connectivity index (χ3n) is 3.97. The average Bonchev–Trinajstić information content (AvgIpc) is 3.15. The summed E-state index contributed by atoms with van der Waals surface area (Å²) in [7, 11) is 0. The van der Waals surface area contributed by atoms with Crippen LogP contribution in [0.5, 0.6) is 0 Å². The number of hydrogen-bond donors (Lipinski definition) is 1. The van der Waals surface area contributed by atoms with E-state index in [0.717, 1.165) is 32.3 Å². The van der Waals surface area contributed by atoms with E-state index in [0.29, 0.717) is 0 Å². The molecular weight excluding hydrogens is 344 g/mol. The largest absolute Gasteiger partial charge is 0.478 e. The molecule has 0 atom stereocenters. The Kier molecular flexibility index (Phi) is 4.29. The molecule has 0 bridgehead atoms. The van der Waals surface area contributed by atoms with Gasteiger partial charge in [-0.25, -0.2) is 9.78 Å². The maximum absolute atomic E-state index is 11.3. The minimum absolute atomic E-state index is 0.262. The van der Waals surface area contributed by atoms with Crippen molar-refractivity contribution >= 4 is 17.3 Å². The quantitative estimate of drug-likeness (QED) is 0.542. The van der Waals surface area contributed by atoms with Gasteiger partial charge in [0.1, 0.15) is 5.01 Å². The van der Waals surface area contributed by atoms with E-state index in [9.17, 15) is 9.90 Å². The van der Waals surface area contributed by atoms with Crippen LogP contribution in [0.15, 0.2) is 79.1 Å². The fraction of sp³-hybridized carbons (Fsp3) is 0. The topological polar surface area (TPSA) is 63.1 Å². The number of aromatic nitrogens is 2. The summed E-state index contributed by atoms with van der Waals surface area (Å²) >= 11 is 1.56. The lowest BCUT2D eigenvalue weighted by molar-refractivity contribution is 0.0697. The Labute approximate surface area is 154 Å². The number of carbonyl (C=O) groups is 1. The van der Waals surface area contributed by atoms with Crippen molar-refractivity contribution in [3.05, 3.63) is 84.7 Å². The Morgan fingerprint density at radius 3 is 2.31 bits per heavy atom. The molecule has 0 aliphatic heterocycles. The minimum Gasteiger partial charge on any atom is -0.478 e. The Balaban J connectivity index is 1.91. The maximum atomic E-state index is 11.3. The molecule has 2 aromatic carbocycles. The predicted octanol–water partition coefficient (Wildman–Crippen LogP) is 5.24. The highest BCUT2D eigenvalue weighted by molar-refractivity contribution is 7.19. The molecule has 1 N–H and O–H groups in total. The molecule has 0 saturated carbocycles. The van der Waals surface area contributed by atoms with E-state index >= 15 is 0 Å². The van der Waals surface area contributed by atoms with Gasteiger partial charge in [-0.1, -0.05) is 42.5 Å². The molecule has 0 aliphatic rings. The Hall–Kier alpha value is -3.31. The molecule has 5 heteroatoms. The van der Waals surface area contributed by atoms with Gasteiger partial charge in [0, 0.05) is 23.5 Å². The molecule has 0 fully saturated rings. The summed E-state index contributed by atoms with van der Waals surface area (Å²) in [6.07, 6.45) is 3.46. The molecule has 126 valence electrons. The molecule has 4 aromatic rings. The normalized spacial score (nSPS) is 10.6. The summed E-state index contributed by atoms with van der Waals surface area (Å²) in [4.78, 5) is 21.2. The van der Waals surface area contributed by atoms with E-state index in [4.69, 9.17) is 4.98 Å². The van der Waals surface area contributed by atoms with Crippen molar-refractivity contribution in [2.75, 3.05) is 0 Å². The van der Waals surface area contributed by atoms with E-state index in [1.54, 1.807) is 41.9 Å². The number of aromatic carboxylic acids is 1. The van der Waals surface area contributed by atoms with Crippen molar-refractivity contribution in [3.8, 4) is 32.3 Å². The molecule has 0 aliphatic carbocycles. The second kappa shape index (κ2) is 6.90. The molecule has 4 rings (SSSR count). The van der Waals surface area contributed by atoms with Crippen LogP contribution in [0.2, 0.25) is 0 Å². The van der Waals surface area contributed by atoms with E-state index < -0.39 is 5.97 Å². The van der Waals surface area contributed by atoms with Gasteiger partial charge in [0.05, 0.1) is 16.1 Å². The molecule has 2 aromatic heterocycles. The first-order chi connectivity index (χ1) is 12.7. The van der Waals surface area contributed by atoms with Gasteiger partial charge in [0.25, 0.3) is 0 Å². The molecule has 0 radical (unpaired) electrons. The molecule has 0 spiro atoms. The van der Waals surface area contributed by atoms with Crippen LogP contribution in [-0.2, 0) is 0 Å². The van der Waals surface area contributed by atoms with Crippen LogP contribution in [0, 0.1) is 0 Å². The van der Waals surface area contributed by atoms with Gasteiger partial charge < -0.3 is 5.11 Å². The van der Waals surface area contributed by atoms with Crippen LogP contribution in [0.4, 0.5) is 0 Å². The van der Waals surface area contributed by atoms with Crippen LogP contribution >= 0.6 is 11.3 Å². The third-order valence-corrected chi connectivity index (χ3v) is 5.13. The fourth-order valence-electron chi connectivity index (χ4n) is 2.72. The molecule has 2 heterocycles. The van der Waals surface area contributed by atoms with Crippen molar-refractivity contribution in [3.63, 3.8) is 0 Å². The summed E-state index contributed by atoms with van der Waals surface area (Å²) in [5, 5.41) is 10.2. The molecule has 4 nitrogen and oxygen atoms in total. The summed E-state index contributed by atoms with van der Waals surface area (Å²) in [5.74, 6) is -0.940. The Morgan fingerprint density at radius 2 is 1.58 bits per heavy atom. The molecular formula is C21H14N2O2S. The minimum atomic E-state index is -0.940. The lowest BCUT2D eigenvalue weighted by atomic mass is 10.1. The fourth-order valence-corrected chi connectivity index (χ4v) is 3.81. The average molecular weight is 358 g/mol. The predicted molar refractivity (Wildman–Crippen MR) is 103 cm³/mol. The van der Waals surface area contributed by atoms with Crippen molar-refractivity contribution in [2.45, 2.75) is 0 Å². The van der Waals surface area contributed by atoms with Crippen LogP contribution < -0.4 is 0 Å². The molecule has 26 heavy (non-hydrogen) atoms. The third kappa shape index (κ3) is 3.12. The number of carboxylic acids is 1. The first-order valence-electron chi connectivity index (χ1n) is 8.03. The number of pyridine rings is 1. The van der Waals surface area contributed by atoms with Gasteiger partial charge in [-0.15, -0.1) is 11.3 Å². The van der Waals surface area contributed by atoms with Crippen molar-refractivity contribution < 1.29 is 9.90 Å². The second-order valence-electron chi connectivity index (χ2n) is 5.68. The SMILES string of the molecule is O=C(O)c1cccc(-c2sc(-c3ccccc3)nc2-c2ccncc2)c1. The number of hydrogen-bond acceptors (Lipinski definition) is 4. The lowest BCUT2D eigenvalue weighted by Crippen LogP contribution is -1.95. The zero-order valence-electron chi connectivity index (χ0n) is 13.7. The standard InChI is InChI=1S/C21H14N2O2S/c24-21(25)17-8-4-7-16(13-17)19-18(14-9-11-22-12-10-14)23-20(26-19)15-5-2-1-3-6-15/h1-13H,(H,24,25). The van der Waals surface area contributed by atoms with Crippen molar-refractivity contribution in [1.82, 2.24) is 9.97 Å². The zero-order chi connectivity index (χ0) is 17.9. The summed E-state index contributed by atoms with van der Waals surface area (Å²) in [6, 6.07) is 20.8. The number of carboxylic acid groups (broad SMARTS) is 1. The molecule has 0 unspecified atom stereocenters. The highest BCUT2D eigenvalue weighted by atomic mass is 32.1. The van der Waals surface area contributed by atoms with E-state index in [2.05, 4.69) is 4.98 Å². The maximum Gasteiger partial charge on any atom is 0.335 e. The van der Waals surface area contributed by atoms with E-state index in [1.807, 2.05) is 48.5 Å². The van der Waals surface area contributed by atoms with Crippen LogP contribution in [0.25, 0.3) is 32.3 Å². The van der Waals surface area contributed by atoms with E-state index in [1.165, 1.54) is 0 Å². The smallest absolute Gasteiger partial charge is 0.335 e. The number of thiazole rings is 1. The number of rotatable bonds is 4. The first kappa shape index (κ1) is 16.2. The molecule has 0 saturated heterocycles. The van der Waals surface area contributed by atoms with Gasteiger partial charge in [-0.3, -0.25) is 4.98 Å². The summed E-state index contributed by atoms with van der Waals surface area (Å²) in [6.45, 7) is 0. The second-order valence-corrected chi connectivity index (χ2v) is 6.68. The van der Waals surface area contributed by atoms with Crippen LogP contribution in [0.3, 0.4) is 0 Å². The van der Waals surface area contributed by atoms with Crippen molar-refractivity contribution in [2.24, 2.45) is 0 Å². The number of benzene rings is 2. The van der Waals surface area contributed by atoms with Gasteiger partial charge >= 0.3 is 5.97 Å². The van der Waals surface area contributed by atoms with Gasteiger partial charge in [0.2, 0.25) is 0 Å². The highest BCUT2D eigenvalue weighted by Gasteiger charge is 2.17. The molecule has 0 amide bonds. The summed E-state index contributed by atoms with van der Waals surface area (Å²) in [5.41, 5.74) is 3.93. The van der Waals surface area contributed by atoms with Gasteiger partial charge in [-0.2, -0.15) is 0 Å². The Morgan fingerprint density at radius 1 is 0.846 bits per heavy atom. The van der Waals surface area contributed by atoms with Gasteiger partial charge in [-0.05, 0) is 29.8 Å². The zero-order valence-corrected chi connectivity index (χ0v) is 14.5. The van der Waals surface area contributed by atoms with Crippen molar-refractivity contribution in [1.29, 1.82) is 0 Å². The first-order valence-corrected chi connectivity index (χ1v) is 8.84.